The molecule has 10 heteroatoms. The van der Waals surface area contributed by atoms with Crippen LogP contribution in [0.2, 0.25) is 0 Å². The molecule has 0 bridgehead atoms. The van der Waals surface area contributed by atoms with Crippen molar-refractivity contribution in [2.45, 2.75) is 64.1 Å². The first-order chi connectivity index (χ1) is 16.5. The van der Waals surface area contributed by atoms with Crippen molar-refractivity contribution in [2.24, 2.45) is 0 Å². The second-order valence-electron chi connectivity index (χ2n) is 9.10. The number of ether oxygens (including phenoxy) is 2. The number of carbonyl (C=O) groups is 1. The first kappa shape index (κ1) is 24.9. The van der Waals surface area contributed by atoms with Gasteiger partial charge in [-0.2, -0.15) is 13.2 Å². The average Bonchev–Trinajstić information content (AvgIpc) is 3.25. The van der Waals surface area contributed by atoms with Crippen molar-refractivity contribution in [2.75, 3.05) is 18.5 Å². The number of amides is 1. The fraction of sp³-hybridized carbons (Fsp3) is 0.480. The zero-order valence-corrected chi connectivity index (χ0v) is 19.8. The molecule has 2 aromatic rings. The van der Waals surface area contributed by atoms with Crippen LogP contribution in [0.1, 0.15) is 65.9 Å². The van der Waals surface area contributed by atoms with E-state index in [1.165, 1.54) is 13.0 Å². The summed E-state index contributed by atoms with van der Waals surface area (Å²) in [6, 6.07) is 2.95. The van der Waals surface area contributed by atoms with Crippen LogP contribution in [0.4, 0.5) is 19.0 Å². The summed E-state index contributed by atoms with van der Waals surface area (Å²) >= 11 is 0. The molecule has 1 aromatic carbocycles. The summed E-state index contributed by atoms with van der Waals surface area (Å²) in [6.07, 6.45) is 2.20. The maximum absolute atomic E-state index is 13.5. The third kappa shape index (κ3) is 5.57. The topological polar surface area (TPSA) is 85.4 Å². The summed E-state index contributed by atoms with van der Waals surface area (Å²) in [6.45, 7) is 5.70. The number of carbonyl (C=O) groups excluding carboxylic acids is 1. The van der Waals surface area contributed by atoms with Crippen LogP contribution in [0.15, 0.2) is 18.2 Å². The smallest absolute Gasteiger partial charge is 0.352 e. The SMILES string of the molecule is C#CC(Nc1nc(C)nc(CC(=O)NC2(C)CC2)c1C1OCCO1)c1cccc(C(F)(F)F)c1C. The van der Waals surface area contributed by atoms with E-state index in [1.54, 1.807) is 13.0 Å². The number of hydrogen-bond acceptors (Lipinski definition) is 6. The summed E-state index contributed by atoms with van der Waals surface area (Å²) in [7, 11) is 0. The molecular formula is C25H27F3N4O3. The third-order valence-electron chi connectivity index (χ3n) is 6.20. The van der Waals surface area contributed by atoms with Gasteiger partial charge in [-0.05, 0) is 50.8 Å². The Morgan fingerprint density at radius 2 is 1.94 bits per heavy atom. The number of rotatable bonds is 7. The number of aryl methyl sites for hydroxylation is 1. The van der Waals surface area contributed by atoms with Gasteiger partial charge in [0.1, 0.15) is 17.7 Å². The van der Waals surface area contributed by atoms with E-state index < -0.39 is 24.1 Å². The quantitative estimate of drug-likeness (QED) is 0.570. The Labute approximate surface area is 201 Å². The Kier molecular flexibility index (Phi) is 6.75. The molecule has 1 aliphatic carbocycles. The minimum atomic E-state index is -4.51. The Hall–Kier alpha value is -3.16. The van der Waals surface area contributed by atoms with E-state index in [-0.39, 0.29) is 29.2 Å². The lowest BCUT2D eigenvalue weighted by Gasteiger charge is -2.23. The lowest BCUT2D eigenvalue weighted by molar-refractivity contribution is -0.138. The van der Waals surface area contributed by atoms with Crippen LogP contribution in [0.5, 0.6) is 0 Å². The second kappa shape index (κ2) is 9.47. The van der Waals surface area contributed by atoms with Crippen LogP contribution in [-0.4, -0.2) is 34.6 Å². The van der Waals surface area contributed by atoms with Gasteiger partial charge in [-0.25, -0.2) is 9.97 Å². The van der Waals surface area contributed by atoms with Crippen molar-refractivity contribution in [1.29, 1.82) is 0 Å². The number of halogens is 3. The number of terminal acetylenes is 1. The molecule has 1 atom stereocenters. The highest BCUT2D eigenvalue weighted by molar-refractivity contribution is 5.80. The van der Waals surface area contributed by atoms with Gasteiger partial charge in [0.25, 0.3) is 0 Å². The number of benzene rings is 1. The number of alkyl halides is 3. The van der Waals surface area contributed by atoms with Gasteiger partial charge < -0.3 is 20.1 Å². The first-order valence-corrected chi connectivity index (χ1v) is 11.3. The molecule has 1 saturated carbocycles. The van der Waals surface area contributed by atoms with Crippen molar-refractivity contribution < 1.29 is 27.4 Å². The van der Waals surface area contributed by atoms with E-state index in [4.69, 9.17) is 15.9 Å². The summed E-state index contributed by atoms with van der Waals surface area (Å²) < 4.78 is 51.8. The lowest BCUT2D eigenvalue weighted by Crippen LogP contribution is -2.36. The van der Waals surface area contributed by atoms with E-state index in [0.29, 0.717) is 35.9 Å². The largest absolute Gasteiger partial charge is 0.416 e. The van der Waals surface area contributed by atoms with Gasteiger partial charge in [0, 0.05) is 5.54 Å². The van der Waals surface area contributed by atoms with Crippen LogP contribution >= 0.6 is 0 Å². The van der Waals surface area contributed by atoms with Crippen LogP contribution in [0.3, 0.4) is 0 Å². The zero-order valence-electron chi connectivity index (χ0n) is 19.8. The number of aromatic nitrogens is 2. The van der Waals surface area contributed by atoms with Crippen molar-refractivity contribution >= 4 is 11.7 Å². The lowest BCUT2D eigenvalue weighted by atomic mass is 9.96. The van der Waals surface area contributed by atoms with E-state index >= 15 is 0 Å². The maximum atomic E-state index is 13.5. The van der Waals surface area contributed by atoms with Crippen molar-refractivity contribution in [3.63, 3.8) is 0 Å². The molecule has 2 aliphatic rings. The minimum absolute atomic E-state index is 0.0217. The predicted molar refractivity (Wildman–Crippen MR) is 122 cm³/mol. The highest BCUT2D eigenvalue weighted by Crippen LogP contribution is 2.38. The highest BCUT2D eigenvalue weighted by atomic mass is 19.4. The normalized spacial score (nSPS) is 18.1. The maximum Gasteiger partial charge on any atom is 0.416 e. The van der Waals surface area contributed by atoms with Gasteiger partial charge in [-0.15, -0.1) is 6.42 Å². The Morgan fingerprint density at radius 3 is 2.54 bits per heavy atom. The number of nitrogens with zero attached hydrogens (tertiary/aromatic N) is 2. The molecule has 1 amide bonds. The van der Waals surface area contributed by atoms with Gasteiger partial charge in [-0.1, -0.05) is 18.1 Å². The average molecular weight is 489 g/mol. The molecule has 7 nitrogen and oxygen atoms in total. The summed E-state index contributed by atoms with van der Waals surface area (Å²) in [5.74, 6) is 2.95. The number of anilines is 1. The van der Waals surface area contributed by atoms with E-state index in [0.717, 1.165) is 18.9 Å². The molecular weight excluding hydrogens is 461 g/mol. The number of hydrogen-bond donors (Lipinski definition) is 2. The minimum Gasteiger partial charge on any atom is -0.352 e. The predicted octanol–water partition coefficient (Wildman–Crippen LogP) is 4.16. The van der Waals surface area contributed by atoms with Gasteiger partial charge >= 0.3 is 6.18 Å². The third-order valence-corrected chi connectivity index (χ3v) is 6.20. The molecule has 35 heavy (non-hydrogen) atoms. The van der Waals surface area contributed by atoms with Crippen LogP contribution in [0, 0.1) is 26.2 Å². The first-order valence-electron chi connectivity index (χ1n) is 11.3. The molecule has 0 spiro atoms. The molecule has 1 unspecified atom stereocenters. The Morgan fingerprint density at radius 1 is 1.26 bits per heavy atom. The van der Waals surface area contributed by atoms with E-state index in [2.05, 4.69) is 26.5 Å². The fourth-order valence-electron chi connectivity index (χ4n) is 4.12. The fourth-order valence-corrected chi connectivity index (χ4v) is 4.12. The molecule has 1 aliphatic heterocycles. The van der Waals surface area contributed by atoms with Crippen LogP contribution < -0.4 is 10.6 Å². The van der Waals surface area contributed by atoms with Crippen molar-refractivity contribution in [3.05, 3.63) is 52.0 Å². The van der Waals surface area contributed by atoms with Gasteiger partial charge in [0.2, 0.25) is 5.91 Å². The molecule has 2 N–H and O–H groups in total. The van der Waals surface area contributed by atoms with Gasteiger partial charge in [-0.3, -0.25) is 4.79 Å². The summed E-state index contributed by atoms with van der Waals surface area (Å²) in [5, 5.41) is 6.08. The molecule has 1 aromatic heterocycles. The summed E-state index contributed by atoms with van der Waals surface area (Å²) in [5.41, 5.74) is 0.173. The Balaban J connectivity index is 1.71. The van der Waals surface area contributed by atoms with E-state index in [9.17, 15) is 18.0 Å². The molecule has 1 saturated heterocycles. The Bertz CT molecular complexity index is 1170. The molecule has 0 radical (unpaired) electrons. The van der Waals surface area contributed by atoms with Crippen LogP contribution in [-0.2, 0) is 26.9 Å². The molecule has 186 valence electrons. The van der Waals surface area contributed by atoms with E-state index in [1.807, 2.05) is 6.92 Å². The monoisotopic (exact) mass is 488 g/mol. The van der Waals surface area contributed by atoms with Gasteiger partial charge in [0.05, 0.1) is 36.5 Å². The second-order valence-corrected chi connectivity index (χ2v) is 9.10. The summed E-state index contributed by atoms with van der Waals surface area (Å²) in [4.78, 5) is 21.6. The molecule has 2 heterocycles. The molecule has 4 rings (SSSR count). The van der Waals surface area contributed by atoms with Crippen molar-refractivity contribution in [3.8, 4) is 12.3 Å². The number of nitrogens with one attached hydrogen (secondary N) is 2. The highest BCUT2D eigenvalue weighted by Gasteiger charge is 2.39. The van der Waals surface area contributed by atoms with Crippen molar-refractivity contribution in [1.82, 2.24) is 15.3 Å². The standard InChI is InChI=1S/C25H27F3N4O3/c1-5-18(16-7-6-8-17(14(16)2)25(26,27)28)31-22-21(23-34-11-12-35-23)19(29-15(3)30-22)13-20(33)32-24(4)9-10-24/h1,6-8,18,23H,9-13H2,2-4H3,(H,32,33)(H,29,30,31). The zero-order chi connectivity index (χ0) is 25.4. The van der Waals surface area contributed by atoms with Crippen LogP contribution in [0.25, 0.3) is 0 Å². The van der Waals surface area contributed by atoms with Gasteiger partial charge in [0.15, 0.2) is 6.29 Å². The molecule has 2 fully saturated rings.